The van der Waals surface area contributed by atoms with E-state index in [0.717, 1.165) is 29.7 Å². The Hall–Kier alpha value is -1.07. The average Bonchev–Trinajstić information content (AvgIpc) is 2.83. The van der Waals surface area contributed by atoms with Gasteiger partial charge in [-0.2, -0.15) is 0 Å². The molecule has 0 saturated carbocycles. The maximum absolute atomic E-state index is 11.8. The van der Waals surface area contributed by atoms with Crippen molar-refractivity contribution in [1.29, 1.82) is 0 Å². The van der Waals surface area contributed by atoms with Gasteiger partial charge in [0.05, 0.1) is 5.69 Å². The van der Waals surface area contributed by atoms with E-state index in [2.05, 4.69) is 32.6 Å². The van der Waals surface area contributed by atoms with Crippen molar-refractivity contribution in [2.45, 2.75) is 38.7 Å². The number of nitrogens with one attached hydrogen (secondary N) is 2. The third-order valence-electron chi connectivity index (χ3n) is 3.16. The summed E-state index contributed by atoms with van der Waals surface area (Å²) in [5.74, 6) is 0.516. The number of ether oxygens (including phenoxy) is 1. The van der Waals surface area contributed by atoms with Crippen LogP contribution in [0.5, 0.6) is 0 Å². The summed E-state index contributed by atoms with van der Waals surface area (Å²) in [6.07, 6.45) is 0.702. The third-order valence-corrected chi connectivity index (χ3v) is 3.85. The number of halogens is 1. The Bertz CT molecular complexity index is 491. The first kappa shape index (κ1) is 15.3. The molecule has 0 radical (unpaired) electrons. The lowest BCUT2D eigenvalue weighted by atomic mass is 9.98. The smallest absolute Gasteiger partial charge is 0.412 e. The summed E-state index contributed by atoms with van der Waals surface area (Å²) in [5.41, 5.74) is 1.50. The van der Waals surface area contributed by atoms with Gasteiger partial charge < -0.3 is 10.1 Å². The van der Waals surface area contributed by atoms with Gasteiger partial charge in [-0.15, -0.1) is 0 Å². The topological polar surface area (TPSA) is 50.4 Å². The van der Waals surface area contributed by atoms with Crippen LogP contribution in [0, 0.1) is 0 Å². The summed E-state index contributed by atoms with van der Waals surface area (Å²) in [5, 5.41) is 6.16. The van der Waals surface area contributed by atoms with Crippen LogP contribution in [0.1, 0.15) is 38.7 Å². The molecule has 1 aromatic carbocycles. The zero-order valence-corrected chi connectivity index (χ0v) is 13.7. The van der Waals surface area contributed by atoms with Crippen molar-refractivity contribution in [3.05, 3.63) is 28.2 Å². The van der Waals surface area contributed by atoms with Gasteiger partial charge in [-0.25, -0.2) is 4.79 Å². The number of hydrogen-bond donors (Lipinski definition) is 2. The highest BCUT2D eigenvalue weighted by Crippen LogP contribution is 2.30. The van der Waals surface area contributed by atoms with Gasteiger partial charge in [0, 0.05) is 11.0 Å². The van der Waals surface area contributed by atoms with Crippen LogP contribution in [0.15, 0.2) is 22.7 Å². The molecule has 1 saturated heterocycles. The zero-order chi connectivity index (χ0) is 14.8. The Morgan fingerprint density at radius 3 is 2.80 bits per heavy atom. The minimum absolute atomic E-state index is 0.431. The van der Waals surface area contributed by atoms with Crippen LogP contribution in [0.25, 0.3) is 0 Å². The molecule has 4 nitrogen and oxygen atoms in total. The molecule has 5 heteroatoms. The SMILES string of the molecule is CC(C)(C)OC(=O)Nc1cc(C2CCNC2)ccc1Br. The second kappa shape index (κ2) is 6.14. The van der Waals surface area contributed by atoms with Crippen molar-refractivity contribution >= 4 is 27.7 Å². The van der Waals surface area contributed by atoms with Crippen molar-refractivity contribution in [2.75, 3.05) is 18.4 Å². The number of amides is 1. The number of carbonyl (C=O) groups excluding carboxylic acids is 1. The van der Waals surface area contributed by atoms with E-state index in [-0.39, 0.29) is 0 Å². The van der Waals surface area contributed by atoms with Crippen LogP contribution in [0.4, 0.5) is 10.5 Å². The van der Waals surface area contributed by atoms with Crippen molar-refractivity contribution < 1.29 is 9.53 Å². The molecular formula is C15H21BrN2O2. The predicted molar refractivity (Wildman–Crippen MR) is 84.2 cm³/mol. The molecular weight excluding hydrogens is 320 g/mol. The maximum atomic E-state index is 11.8. The summed E-state index contributed by atoms with van der Waals surface area (Å²) >= 11 is 3.46. The predicted octanol–water partition coefficient (Wildman–Crippen LogP) is 3.87. The molecule has 0 bridgehead atoms. The lowest BCUT2D eigenvalue weighted by Gasteiger charge is -2.20. The fourth-order valence-corrected chi connectivity index (χ4v) is 2.59. The summed E-state index contributed by atoms with van der Waals surface area (Å²) in [6.45, 7) is 7.59. The van der Waals surface area contributed by atoms with Gasteiger partial charge in [-0.1, -0.05) is 6.07 Å². The average molecular weight is 341 g/mol. The molecule has 2 rings (SSSR count). The van der Waals surface area contributed by atoms with Crippen LogP contribution in [0.2, 0.25) is 0 Å². The third kappa shape index (κ3) is 4.21. The zero-order valence-electron chi connectivity index (χ0n) is 12.1. The lowest BCUT2D eigenvalue weighted by molar-refractivity contribution is 0.0636. The molecule has 1 fully saturated rings. The molecule has 1 amide bonds. The first-order valence-corrected chi connectivity index (χ1v) is 7.64. The summed E-state index contributed by atoms with van der Waals surface area (Å²) in [7, 11) is 0. The van der Waals surface area contributed by atoms with Crippen molar-refractivity contribution in [2.24, 2.45) is 0 Å². The number of carbonyl (C=O) groups is 1. The van der Waals surface area contributed by atoms with Gasteiger partial charge in [0.1, 0.15) is 5.60 Å². The van der Waals surface area contributed by atoms with Crippen molar-refractivity contribution in [1.82, 2.24) is 5.32 Å². The Labute approximate surface area is 128 Å². The summed E-state index contributed by atoms with van der Waals surface area (Å²) in [4.78, 5) is 11.8. The lowest BCUT2D eigenvalue weighted by Crippen LogP contribution is -2.27. The molecule has 1 aliphatic rings. The number of anilines is 1. The Morgan fingerprint density at radius 2 is 2.20 bits per heavy atom. The second-order valence-corrected chi connectivity index (χ2v) is 6.91. The largest absolute Gasteiger partial charge is 0.444 e. The van der Waals surface area contributed by atoms with Gasteiger partial charge in [0.25, 0.3) is 0 Å². The maximum Gasteiger partial charge on any atom is 0.412 e. The van der Waals surface area contributed by atoms with E-state index < -0.39 is 11.7 Å². The minimum atomic E-state index is -0.496. The molecule has 110 valence electrons. The van der Waals surface area contributed by atoms with Crippen LogP contribution in [-0.2, 0) is 4.74 Å². The van der Waals surface area contributed by atoms with E-state index in [1.165, 1.54) is 5.56 Å². The number of benzene rings is 1. The van der Waals surface area contributed by atoms with E-state index in [1.54, 1.807) is 0 Å². The molecule has 0 spiro atoms. The monoisotopic (exact) mass is 340 g/mol. The van der Waals surface area contributed by atoms with Gasteiger partial charge in [0.2, 0.25) is 0 Å². The highest BCUT2D eigenvalue weighted by molar-refractivity contribution is 9.10. The fraction of sp³-hybridized carbons (Fsp3) is 0.533. The van der Waals surface area contributed by atoms with Crippen molar-refractivity contribution in [3.8, 4) is 0 Å². The molecule has 0 aromatic heterocycles. The second-order valence-electron chi connectivity index (χ2n) is 6.06. The molecule has 2 N–H and O–H groups in total. The van der Waals surface area contributed by atoms with Gasteiger partial charge in [0.15, 0.2) is 0 Å². The summed E-state index contributed by atoms with van der Waals surface area (Å²) < 4.78 is 6.14. The van der Waals surface area contributed by atoms with Gasteiger partial charge in [-0.3, -0.25) is 5.32 Å². The Kier molecular flexibility index (Phi) is 4.70. The standard InChI is InChI=1S/C15H21BrN2O2/c1-15(2,3)20-14(19)18-13-8-10(4-5-12(13)16)11-6-7-17-9-11/h4-5,8,11,17H,6-7,9H2,1-3H3,(H,18,19). The Morgan fingerprint density at radius 1 is 1.45 bits per heavy atom. The normalized spacial score (nSPS) is 18.9. The molecule has 1 heterocycles. The van der Waals surface area contributed by atoms with E-state index >= 15 is 0 Å². The van der Waals surface area contributed by atoms with Crippen molar-refractivity contribution in [3.63, 3.8) is 0 Å². The highest BCUT2D eigenvalue weighted by atomic mass is 79.9. The van der Waals surface area contributed by atoms with E-state index in [9.17, 15) is 4.79 Å². The fourth-order valence-electron chi connectivity index (χ4n) is 2.25. The minimum Gasteiger partial charge on any atom is -0.444 e. The van der Waals surface area contributed by atoms with Crippen LogP contribution < -0.4 is 10.6 Å². The highest BCUT2D eigenvalue weighted by Gasteiger charge is 2.20. The van der Waals surface area contributed by atoms with Gasteiger partial charge >= 0.3 is 6.09 Å². The number of rotatable bonds is 2. The quantitative estimate of drug-likeness (QED) is 0.858. The first-order valence-electron chi connectivity index (χ1n) is 6.85. The molecule has 1 unspecified atom stereocenters. The van der Waals surface area contributed by atoms with Crippen LogP contribution in [0.3, 0.4) is 0 Å². The Balaban J connectivity index is 2.10. The molecule has 1 aliphatic heterocycles. The van der Waals surface area contributed by atoms with Gasteiger partial charge in [-0.05, 0) is 73.3 Å². The molecule has 0 aliphatic carbocycles. The molecule has 1 aromatic rings. The summed E-state index contributed by atoms with van der Waals surface area (Å²) in [6, 6.07) is 6.09. The number of hydrogen-bond acceptors (Lipinski definition) is 3. The molecule has 20 heavy (non-hydrogen) atoms. The first-order chi connectivity index (χ1) is 9.35. The molecule has 1 atom stereocenters. The van der Waals surface area contributed by atoms with E-state index in [4.69, 9.17) is 4.74 Å². The van der Waals surface area contributed by atoms with E-state index in [1.807, 2.05) is 32.9 Å². The van der Waals surface area contributed by atoms with E-state index in [0.29, 0.717) is 5.92 Å². The van der Waals surface area contributed by atoms with Crippen LogP contribution in [-0.4, -0.2) is 24.8 Å². The van der Waals surface area contributed by atoms with Crippen LogP contribution >= 0.6 is 15.9 Å².